The van der Waals surface area contributed by atoms with Crippen molar-refractivity contribution in [3.05, 3.63) is 177 Å². The van der Waals surface area contributed by atoms with E-state index in [1.807, 2.05) is 48.5 Å². The maximum absolute atomic E-state index is 14.0. The van der Waals surface area contributed by atoms with E-state index in [4.69, 9.17) is 9.62 Å². The monoisotopic (exact) mass is 1050 g/mol. The molecule has 0 fully saturated rings. The molecule has 14 nitrogen and oxygen atoms in total. The lowest BCUT2D eigenvalue weighted by Crippen LogP contribution is -2.23. The molecule has 0 atom stereocenters. The minimum Gasteiger partial charge on any atom is -0.462 e. The number of sulfonamides is 1. The van der Waals surface area contributed by atoms with E-state index in [0.717, 1.165) is 85.9 Å². The number of unbranched alkanes of at least 4 members (excludes halogenated alkanes) is 4. The molecule has 0 aromatic heterocycles. The van der Waals surface area contributed by atoms with Gasteiger partial charge in [0, 0.05) is 46.5 Å². The first-order valence-electron chi connectivity index (χ1n) is 25.0. The van der Waals surface area contributed by atoms with Gasteiger partial charge in [0.25, 0.3) is 0 Å². The summed E-state index contributed by atoms with van der Waals surface area (Å²) in [5, 5.41) is 7.18. The van der Waals surface area contributed by atoms with E-state index in [-0.39, 0.29) is 11.6 Å². The second kappa shape index (κ2) is 30.0. The van der Waals surface area contributed by atoms with Crippen LogP contribution in [-0.4, -0.2) is 52.2 Å². The van der Waals surface area contributed by atoms with Gasteiger partial charge in [-0.3, -0.25) is 14.3 Å². The highest BCUT2D eigenvalue weighted by atomic mass is 32.2. The second-order valence-corrected chi connectivity index (χ2v) is 19.5. The van der Waals surface area contributed by atoms with Crippen LogP contribution in [0.2, 0.25) is 0 Å². The van der Waals surface area contributed by atoms with Crippen molar-refractivity contribution in [1.82, 2.24) is 0 Å². The first-order valence-corrected chi connectivity index (χ1v) is 28.1. The Hall–Kier alpha value is -6.53. The van der Waals surface area contributed by atoms with E-state index in [0.29, 0.717) is 58.1 Å². The Labute approximate surface area is 441 Å². The van der Waals surface area contributed by atoms with Gasteiger partial charge in [0.15, 0.2) is 11.6 Å². The molecule has 0 amide bonds. The quantitative estimate of drug-likeness (QED) is 0.0148. The molecule has 6 aromatic rings. The molecule has 0 spiro atoms. The molecule has 16 heteroatoms. The number of hydrogen-bond donors (Lipinski definition) is 4. The summed E-state index contributed by atoms with van der Waals surface area (Å²) >= 11 is 1.11. The predicted molar refractivity (Wildman–Crippen MR) is 298 cm³/mol. The van der Waals surface area contributed by atoms with Crippen LogP contribution in [-0.2, 0) is 66.1 Å². The molecular formula is C58H70N4O10S2. The molecule has 0 aliphatic heterocycles. The average molecular weight is 1050 g/mol. The number of ether oxygens (including phenoxy) is 1. The van der Waals surface area contributed by atoms with Crippen LogP contribution in [0, 0.1) is 0 Å². The molecule has 0 bridgehead atoms. The zero-order valence-electron chi connectivity index (χ0n) is 43.7. The fourth-order valence-electron chi connectivity index (χ4n) is 8.34. The summed E-state index contributed by atoms with van der Waals surface area (Å²) in [6, 6.07) is 37.4. The lowest BCUT2D eigenvalue weighted by atomic mass is 9.82. The molecule has 1 aliphatic carbocycles. The van der Waals surface area contributed by atoms with Crippen molar-refractivity contribution in [3.8, 4) is 0 Å². The number of benzene rings is 6. The van der Waals surface area contributed by atoms with Crippen molar-refractivity contribution in [2.45, 2.75) is 99.0 Å². The van der Waals surface area contributed by atoms with Crippen LogP contribution in [0.4, 0.5) is 34.1 Å². The highest BCUT2D eigenvalue weighted by Crippen LogP contribution is 2.40. The molecule has 394 valence electrons. The van der Waals surface area contributed by atoms with Gasteiger partial charge in [0.1, 0.15) is 6.61 Å². The fraction of sp³-hybridized carbons (Fsp3) is 0.328. The average Bonchev–Trinajstić information content (AvgIpc) is 3.41. The number of carbonyl (C=O) groups is 3. The van der Waals surface area contributed by atoms with Crippen molar-refractivity contribution < 1.29 is 46.6 Å². The van der Waals surface area contributed by atoms with Crippen molar-refractivity contribution in [2.24, 2.45) is 0 Å². The van der Waals surface area contributed by atoms with Crippen LogP contribution >= 0.6 is 12.0 Å². The zero-order valence-corrected chi connectivity index (χ0v) is 45.4. The van der Waals surface area contributed by atoms with Gasteiger partial charge in [-0.15, -0.1) is 9.32 Å². The van der Waals surface area contributed by atoms with Crippen molar-refractivity contribution in [3.63, 3.8) is 0 Å². The summed E-state index contributed by atoms with van der Waals surface area (Å²) in [6.07, 6.45) is 11.7. The fourth-order valence-corrected chi connectivity index (χ4v) is 8.99. The van der Waals surface area contributed by atoms with Crippen LogP contribution < -0.4 is 20.8 Å². The third-order valence-corrected chi connectivity index (χ3v) is 12.8. The minimum absolute atomic E-state index is 0.132. The maximum Gasteiger partial charge on any atom is 0.338 e. The molecule has 4 N–H and O–H groups in total. The van der Waals surface area contributed by atoms with E-state index in [9.17, 15) is 22.8 Å². The number of fused-ring (bicyclic) bond motifs is 2. The Kier molecular flexibility index (Phi) is 23.7. The minimum atomic E-state index is -3.35. The van der Waals surface area contributed by atoms with Gasteiger partial charge < -0.3 is 15.4 Å². The molecular weight excluding hydrogens is 977 g/mol. The summed E-state index contributed by atoms with van der Waals surface area (Å²) < 4.78 is 34.4. The Morgan fingerprint density at radius 1 is 0.608 bits per heavy atom. The van der Waals surface area contributed by atoms with Gasteiger partial charge in [0.2, 0.25) is 10.0 Å². The highest BCUT2D eigenvalue weighted by molar-refractivity contribution is 7.93. The number of carbonyl (C=O) groups excluding carboxylic acids is 3. The number of nitrogens with one attached hydrogen (secondary N) is 4. The number of esters is 1. The largest absolute Gasteiger partial charge is 0.462 e. The van der Waals surface area contributed by atoms with Crippen molar-refractivity contribution in [1.29, 1.82) is 0 Å². The molecule has 0 saturated heterocycles. The lowest BCUT2D eigenvalue weighted by Gasteiger charge is -2.26. The first-order chi connectivity index (χ1) is 35.8. The van der Waals surface area contributed by atoms with Crippen LogP contribution in [0.5, 0.6) is 0 Å². The Balaban J connectivity index is 0.000000236. The van der Waals surface area contributed by atoms with Gasteiger partial charge in [-0.05, 0) is 102 Å². The summed E-state index contributed by atoms with van der Waals surface area (Å²) in [5.74, 6) is -0.691. The zero-order chi connectivity index (χ0) is 53.5. The molecule has 6 aromatic carbocycles. The molecule has 0 radical (unpaired) electrons. The molecule has 0 saturated carbocycles. The third-order valence-electron chi connectivity index (χ3n) is 12.0. The van der Waals surface area contributed by atoms with Gasteiger partial charge in [-0.1, -0.05) is 139 Å². The number of hydrogen-bond acceptors (Lipinski definition) is 14. The van der Waals surface area contributed by atoms with Gasteiger partial charge in [0.05, 0.1) is 53.7 Å². The van der Waals surface area contributed by atoms with Crippen molar-refractivity contribution >= 4 is 73.7 Å². The Bertz CT molecular complexity index is 2770. The summed E-state index contributed by atoms with van der Waals surface area (Å²) in [5.41, 5.74) is 14.9. The van der Waals surface area contributed by atoms with E-state index >= 15 is 0 Å². The predicted octanol–water partition coefficient (Wildman–Crippen LogP) is 13.7. The van der Waals surface area contributed by atoms with Crippen molar-refractivity contribution in [2.75, 3.05) is 47.1 Å². The number of anilines is 6. The maximum atomic E-state index is 14.0. The highest BCUT2D eigenvalue weighted by Gasteiger charge is 2.34. The van der Waals surface area contributed by atoms with E-state index < -0.39 is 16.0 Å². The molecule has 1 aliphatic rings. The summed E-state index contributed by atoms with van der Waals surface area (Å²) in [7, 11) is -1.88. The van der Waals surface area contributed by atoms with E-state index in [2.05, 4.69) is 106 Å². The van der Waals surface area contributed by atoms with Gasteiger partial charge in [-0.25, -0.2) is 28.5 Å². The molecule has 0 heterocycles. The molecule has 0 unspecified atom stereocenters. The normalized spacial score (nSPS) is 11.5. The Morgan fingerprint density at radius 3 is 1.62 bits per heavy atom. The molecule has 7 rings (SSSR count). The number of aryl methyl sites for hydroxylation is 4. The van der Waals surface area contributed by atoms with E-state index in [1.54, 1.807) is 36.6 Å². The van der Waals surface area contributed by atoms with Crippen LogP contribution in [0.15, 0.2) is 121 Å². The van der Waals surface area contributed by atoms with Gasteiger partial charge in [-0.2, -0.15) is 0 Å². The summed E-state index contributed by atoms with van der Waals surface area (Å²) in [6.45, 7) is 11.4. The van der Waals surface area contributed by atoms with E-state index in [1.165, 1.54) is 48.3 Å². The van der Waals surface area contributed by atoms with Gasteiger partial charge >= 0.3 is 5.97 Å². The number of rotatable bonds is 24. The number of ketones is 2. The summed E-state index contributed by atoms with van der Waals surface area (Å²) in [4.78, 5) is 53.8. The van der Waals surface area contributed by atoms with Crippen LogP contribution in [0.25, 0.3) is 0 Å². The number of para-hydroxylation sites is 2. The second-order valence-electron chi connectivity index (χ2n) is 17.2. The lowest BCUT2D eigenvalue weighted by molar-refractivity contribution is -0.282. The Morgan fingerprint density at radius 2 is 1.12 bits per heavy atom. The molecule has 74 heavy (non-hydrogen) atoms. The SMILES string of the molecule is CCCCCCCOC(=O)c1cccc(NS(C)(=O)=O)c1.CCc1cccc(CC)c1Nc1ccc(Nc2c(CC)cccc2CC)c2c1C(=O)c1ccccc1C2=O.COOCc1cccc(NOOSC)c1. The standard InChI is InChI=1S/C34H34N2O2.C15H23NO4S.C9H13NO4S/c1-5-21-13-11-14-22(6-2)31(21)35-27-19-20-28(36-32-23(7-3)15-12-16-24(32)8-4)30-29(27)33(37)25-17-9-10-18-26(25)34(30)38;1-3-4-5-6-7-11-20-15(17)13-9-8-10-14(12-13)16-21(2,18)19;1-11-12-7-8-4-3-5-9(6-8)10-13-14-15-2/h9-20,35-36H,5-8H2,1-4H3;8-10,12,16H,3-7,11H2,1-2H3;3-6,10H,7H2,1-2H3. The topological polar surface area (TPSA) is 180 Å². The smallest absolute Gasteiger partial charge is 0.338 e. The van der Waals surface area contributed by atoms with Crippen LogP contribution in [0.1, 0.15) is 137 Å². The third kappa shape index (κ3) is 16.7. The first kappa shape index (κ1) is 58.4. The van der Waals surface area contributed by atoms with Crippen LogP contribution in [0.3, 0.4) is 0 Å².